The number of halogens is 1. The van der Waals surface area contributed by atoms with Crippen LogP contribution >= 0.6 is 15.9 Å². The molecule has 0 aliphatic heterocycles. The molecular weight excluding hydrogens is 526 g/mol. The van der Waals surface area contributed by atoms with Crippen LogP contribution in [-0.4, -0.2) is 25.0 Å². The van der Waals surface area contributed by atoms with E-state index in [1.54, 1.807) is 50.4 Å². The SMILES string of the molecule is CCOC(=O)/C(C)=C\C(c1ccccc1)c1cn(S(=O)(=O)c2ccc(C)cc2)c2ccc(Br)cc12. The minimum Gasteiger partial charge on any atom is -0.463 e. The van der Waals surface area contributed by atoms with Crippen LogP contribution in [0.25, 0.3) is 10.9 Å². The van der Waals surface area contributed by atoms with Crippen LogP contribution in [0, 0.1) is 6.92 Å². The smallest absolute Gasteiger partial charge is 0.333 e. The molecule has 5 nitrogen and oxygen atoms in total. The molecule has 4 rings (SSSR count). The molecule has 180 valence electrons. The van der Waals surface area contributed by atoms with Gasteiger partial charge in [0.05, 0.1) is 17.0 Å². The molecule has 35 heavy (non-hydrogen) atoms. The van der Waals surface area contributed by atoms with E-state index in [1.165, 1.54) is 3.97 Å². The fourth-order valence-electron chi connectivity index (χ4n) is 4.06. The van der Waals surface area contributed by atoms with Crippen molar-refractivity contribution < 1.29 is 17.9 Å². The van der Waals surface area contributed by atoms with E-state index in [1.807, 2.05) is 55.5 Å². The zero-order chi connectivity index (χ0) is 25.2. The van der Waals surface area contributed by atoms with Gasteiger partial charge in [-0.25, -0.2) is 17.2 Å². The van der Waals surface area contributed by atoms with Gasteiger partial charge in [0.15, 0.2) is 0 Å². The van der Waals surface area contributed by atoms with Crippen molar-refractivity contribution in [3.05, 3.63) is 112 Å². The van der Waals surface area contributed by atoms with Crippen LogP contribution in [-0.2, 0) is 19.6 Å². The number of allylic oxidation sites excluding steroid dienone is 1. The molecule has 0 amide bonds. The van der Waals surface area contributed by atoms with E-state index in [0.717, 1.165) is 26.5 Å². The Hall–Kier alpha value is -3.16. The molecule has 0 radical (unpaired) electrons. The van der Waals surface area contributed by atoms with Gasteiger partial charge in [-0.3, -0.25) is 0 Å². The monoisotopic (exact) mass is 551 g/mol. The quantitative estimate of drug-likeness (QED) is 0.192. The Morgan fingerprint density at radius 2 is 1.74 bits per heavy atom. The molecule has 0 saturated heterocycles. The number of esters is 1. The number of rotatable bonds is 7. The first-order valence-electron chi connectivity index (χ1n) is 11.3. The predicted molar refractivity (Wildman–Crippen MR) is 142 cm³/mol. The predicted octanol–water partition coefficient (Wildman–Crippen LogP) is 6.59. The molecule has 1 aromatic heterocycles. The summed E-state index contributed by atoms with van der Waals surface area (Å²) in [7, 11) is -3.85. The number of aryl methyl sites for hydroxylation is 1. The van der Waals surface area contributed by atoms with Crippen molar-refractivity contribution >= 4 is 42.8 Å². The van der Waals surface area contributed by atoms with E-state index in [-0.39, 0.29) is 17.4 Å². The second kappa shape index (κ2) is 10.2. The summed E-state index contributed by atoms with van der Waals surface area (Å²) >= 11 is 3.53. The minimum atomic E-state index is -3.85. The second-order valence-corrected chi connectivity index (χ2v) is 11.0. The molecule has 0 N–H and O–H groups in total. The maximum atomic E-state index is 13.7. The second-order valence-electron chi connectivity index (χ2n) is 8.32. The molecule has 0 spiro atoms. The van der Waals surface area contributed by atoms with Gasteiger partial charge in [0.2, 0.25) is 0 Å². The average molecular weight is 552 g/mol. The summed E-state index contributed by atoms with van der Waals surface area (Å²) < 4.78 is 34.7. The lowest BCUT2D eigenvalue weighted by atomic mass is 9.89. The molecular formula is C28H26BrNO4S. The summed E-state index contributed by atoms with van der Waals surface area (Å²) in [5, 5.41) is 0.775. The first-order valence-corrected chi connectivity index (χ1v) is 13.5. The Morgan fingerprint density at radius 3 is 2.40 bits per heavy atom. The van der Waals surface area contributed by atoms with Gasteiger partial charge < -0.3 is 4.74 Å². The van der Waals surface area contributed by atoms with Crippen molar-refractivity contribution in [2.45, 2.75) is 31.6 Å². The van der Waals surface area contributed by atoms with Gasteiger partial charge in [-0.15, -0.1) is 0 Å². The first kappa shape index (κ1) is 24.9. The summed E-state index contributed by atoms with van der Waals surface area (Å²) in [5.74, 6) is -0.766. The minimum absolute atomic E-state index is 0.212. The third-order valence-corrected chi connectivity index (χ3v) is 8.03. The number of aromatic nitrogens is 1. The lowest BCUT2D eigenvalue weighted by molar-refractivity contribution is -0.138. The average Bonchev–Trinajstić information content (AvgIpc) is 3.22. The number of carbonyl (C=O) groups is 1. The fraction of sp³-hybridized carbons (Fsp3) is 0.179. The van der Waals surface area contributed by atoms with Crippen molar-refractivity contribution in [1.29, 1.82) is 0 Å². The Labute approximate surface area is 214 Å². The molecule has 0 aliphatic carbocycles. The lowest BCUT2D eigenvalue weighted by Gasteiger charge is -2.15. The zero-order valence-corrected chi connectivity index (χ0v) is 22.1. The van der Waals surface area contributed by atoms with Gasteiger partial charge in [-0.05, 0) is 62.2 Å². The van der Waals surface area contributed by atoms with Crippen LogP contribution in [0.4, 0.5) is 0 Å². The highest BCUT2D eigenvalue weighted by Gasteiger charge is 2.25. The van der Waals surface area contributed by atoms with Gasteiger partial charge in [0, 0.05) is 27.5 Å². The Kier molecular flexibility index (Phi) is 7.28. The van der Waals surface area contributed by atoms with Crippen LogP contribution in [0.1, 0.15) is 36.5 Å². The number of benzene rings is 3. The largest absolute Gasteiger partial charge is 0.463 e. The van der Waals surface area contributed by atoms with Crippen molar-refractivity contribution in [3.8, 4) is 0 Å². The Morgan fingerprint density at radius 1 is 1.06 bits per heavy atom. The first-order chi connectivity index (χ1) is 16.7. The number of hydrogen-bond acceptors (Lipinski definition) is 4. The van der Waals surface area contributed by atoms with E-state index < -0.39 is 16.0 Å². The van der Waals surface area contributed by atoms with E-state index in [9.17, 15) is 13.2 Å². The molecule has 7 heteroatoms. The Bertz CT molecular complexity index is 1500. The van der Waals surface area contributed by atoms with E-state index >= 15 is 0 Å². The molecule has 3 aromatic carbocycles. The normalized spacial score (nSPS) is 13.1. The number of ether oxygens (including phenoxy) is 1. The van der Waals surface area contributed by atoms with Crippen molar-refractivity contribution in [1.82, 2.24) is 3.97 Å². The van der Waals surface area contributed by atoms with Gasteiger partial charge in [-0.2, -0.15) is 0 Å². The summed E-state index contributed by atoms with van der Waals surface area (Å²) in [6.45, 7) is 5.67. The number of nitrogens with zero attached hydrogens (tertiary/aromatic N) is 1. The molecule has 1 atom stereocenters. The number of hydrogen-bond donors (Lipinski definition) is 0. The standard InChI is InChI=1S/C28H26BrNO4S/c1-4-34-28(31)20(3)16-24(21-8-6-5-7-9-21)26-18-30(27-15-12-22(29)17-25(26)27)35(32,33)23-13-10-19(2)11-14-23/h5-18,24H,4H2,1-3H3/b20-16-. The molecule has 0 fully saturated rings. The van der Waals surface area contributed by atoms with Gasteiger partial charge >= 0.3 is 5.97 Å². The number of carbonyl (C=O) groups excluding carboxylic acids is 1. The van der Waals surface area contributed by atoms with Gasteiger partial charge in [-0.1, -0.05) is 70.0 Å². The maximum absolute atomic E-state index is 13.7. The topological polar surface area (TPSA) is 65.4 Å². The van der Waals surface area contributed by atoms with Crippen LogP contribution in [0.3, 0.4) is 0 Å². The third kappa shape index (κ3) is 5.11. The molecule has 0 aliphatic rings. The summed E-state index contributed by atoms with van der Waals surface area (Å²) in [5.41, 5.74) is 3.70. The van der Waals surface area contributed by atoms with Crippen molar-refractivity contribution in [2.75, 3.05) is 6.61 Å². The van der Waals surface area contributed by atoms with Gasteiger partial charge in [0.1, 0.15) is 0 Å². The van der Waals surface area contributed by atoms with Crippen LogP contribution < -0.4 is 0 Å². The highest BCUT2D eigenvalue weighted by atomic mass is 79.9. The molecule has 4 aromatic rings. The lowest BCUT2D eigenvalue weighted by Crippen LogP contribution is -2.12. The van der Waals surface area contributed by atoms with Crippen molar-refractivity contribution in [3.63, 3.8) is 0 Å². The van der Waals surface area contributed by atoms with Crippen molar-refractivity contribution in [2.24, 2.45) is 0 Å². The van der Waals surface area contributed by atoms with Crippen LogP contribution in [0.5, 0.6) is 0 Å². The molecule has 1 heterocycles. The molecule has 1 unspecified atom stereocenters. The zero-order valence-electron chi connectivity index (χ0n) is 19.7. The summed E-state index contributed by atoms with van der Waals surface area (Å²) in [4.78, 5) is 12.6. The molecule has 0 bridgehead atoms. The summed E-state index contributed by atoms with van der Waals surface area (Å²) in [6.07, 6.45) is 3.50. The highest BCUT2D eigenvalue weighted by molar-refractivity contribution is 9.10. The maximum Gasteiger partial charge on any atom is 0.333 e. The van der Waals surface area contributed by atoms with E-state index in [2.05, 4.69) is 15.9 Å². The third-order valence-electron chi connectivity index (χ3n) is 5.85. The molecule has 0 saturated carbocycles. The van der Waals surface area contributed by atoms with E-state index in [4.69, 9.17) is 4.74 Å². The van der Waals surface area contributed by atoms with Gasteiger partial charge in [0.25, 0.3) is 10.0 Å². The fourth-order valence-corrected chi connectivity index (χ4v) is 5.80. The van der Waals surface area contributed by atoms with E-state index in [0.29, 0.717) is 11.1 Å². The van der Waals surface area contributed by atoms with Crippen LogP contribution in [0.15, 0.2) is 100 Å². The van der Waals surface area contributed by atoms with Crippen LogP contribution in [0.2, 0.25) is 0 Å². The Balaban J connectivity index is 1.97. The summed E-state index contributed by atoms with van der Waals surface area (Å²) in [6, 6.07) is 22.0. The highest BCUT2D eigenvalue weighted by Crippen LogP contribution is 2.37. The number of fused-ring (bicyclic) bond motifs is 1.